The third-order valence-electron chi connectivity index (χ3n) is 4.12. The van der Waals surface area contributed by atoms with Crippen LogP contribution in [0.4, 0.5) is 17.1 Å². The van der Waals surface area contributed by atoms with E-state index in [-0.39, 0.29) is 11.8 Å². The third-order valence-corrected chi connectivity index (χ3v) is 4.36. The minimum Gasteiger partial charge on any atom is -0.374 e. The average Bonchev–Trinajstić information content (AvgIpc) is 3.01. The molecule has 6 heteroatoms. The number of nitrogens with zero attached hydrogens (tertiary/aromatic N) is 1. The zero-order chi connectivity index (χ0) is 17.8. The second-order valence-electron chi connectivity index (χ2n) is 6.06. The minimum atomic E-state index is -0.418. The van der Waals surface area contributed by atoms with Gasteiger partial charge in [0.1, 0.15) is 6.04 Å². The lowest BCUT2D eigenvalue weighted by Crippen LogP contribution is -2.31. The van der Waals surface area contributed by atoms with Gasteiger partial charge in [-0.05, 0) is 55.8 Å². The molecule has 1 atom stereocenters. The number of carbonyl (C=O) groups excluding carboxylic acids is 2. The van der Waals surface area contributed by atoms with Gasteiger partial charge in [0, 0.05) is 35.1 Å². The highest BCUT2D eigenvalue weighted by molar-refractivity contribution is 6.30. The Balaban J connectivity index is 1.59. The van der Waals surface area contributed by atoms with Crippen molar-refractivity contribution in [2.75, 3.05) is 22.1 Å². The fourth-order valence-electron chi connectivity index (χ4n) is 2.79. The van der Waals surface area contributed by atoms with Gasteiger partial charge in [0.05, 0.1) is 0 Å². The molecule has 2 N–H and O–H groups in total. The third kappa shape index (κ3) is 4.31. The number of carbonyl (C=O) groups is 2. The summed E-state index contributed by atoms with van der Waals surface area (Å²) in [5.74, 6) is 0.0102. The average molecular weight is 358 g/mol. The van der Waals surface area contributed by atoms with E-state index in [1.54, 1.807) is 36.1 Å². The highest BCUT2D eigenvalue weighted by Gasteiger charge is 2.21. The molecule has 3 rings (SSSR count). The topological polar surface area (TPSA) is 61.4 Å². The van der Waals surface area contributed by atoms with Gasteiger partial charge in [0.25, 0.3) is 0 Å². The van der Waals surface area contributed by atoms with Gasteiger partial charge in [-0.15, -0.1) is 0 Å². The lowest BCUT2D eigenvalue weighted by molar-refractivity contribution is -0.117. The Morgan fingerprint density at radius 1 is 1.16 bits per heavy atom. The Bertz CT molecular complexity index is 776. The molecule has 130 valence electrons. The molecule has 1 aliphatic rings. The standard InChI is InChI=1S/C19H20ClN3O2/c1-13(19(25)22-16-5-2-4-14(20)12-16)21-15-7-9-17(10-8-15)23-11-3-6-18(23)24/h2,4-5,7-10,12-13,21H,3,6,11H2,1H3,(H,22,25). The maximum absolute atomic E-state index is 12.3. The van der Waals surface area contributed by atoms with E-state index in [2.05, 4.69) is 10.6 Å². The lowest BCUT2D eigenvalue weighted by atomic mass is 10.2. The molecule has 2 aromatic carbocycles. The molecular weight excluding hydrogens is 338 g/mol. The van der Waals surface area contributed by atoms with Crippen LogP contribution in [0, 0.1) is 0 Å². The second kappa shape index (κ2) is 7.57. The molecule has 0 aromatic heterocycles. The molecule has 0 bridgehead atoms. The number of amides is 2. The highest BCUT2D eigenvalue weighted by Crippen LogP contribution is 2.23. The quantitative estimate of drug-likeness (QED) is 0.853. The molecule has 1 saturated heterocycles. The molecule has 0 saturated carbocycles. The molecule has 0 radical (unpaired) electrons. The number of nitrogens with one attached hydrogen (secondary N) is 2. The predicted molar refractivity (Wildman–Crippen MR) is 101 cm³/mol. The van der Waals surface area contributed by atoms with E-state index in [1.807, 2.05) is 24.3 Å². The van der Waals surface area contributed by atoms with Crippen LogP contribution in [0.5, 0.6) is 0 Å². The molecule has 1 unspecified atom stereocenters. The molecular formula is C19H20ClN3O2. The van der Waals surface area contributed by atoms with Gasteiger partial charge in [0.2, 0.25) is 11.8 Å². The summed E-state index contributed by atoms with van der Waals surface area (Å²) in [5.41, 5.74) is 2.38. The Kier molecular flexibility index (Phi) is 5.24. The number of rotatable bonds is 5. The van der Waals surface area contributed by atoms with Crippen LogP contribution < -0.4 is 15.5 Å². The largest absolute Gasteiger partial charge is 0.374 e. The first-order chi connectivity index (χ1) is 12.0. The summed E-state index contributed by atoms with van der Waals surface area (Å²) >= 11 is 5.92. The zero-order valence-corrected chi connectivity index (χ0v) is 14.7. The SMILES string of the molecule is CC(Nc1ccc(N2CCCC2=O)cc1)C(=O)Nc1cccc(Cl)c1. The molecule has 0 aliphatic carbocycles. The lowest BCUT2D eigenvalue weighted by Gasteiger charge is -2.18. The minimum absolute atomic E-state index is 0.152. The van der Waals surface area contributed by atoms with Gasteiger partial charge in [-0.1, -0.05) is 17.7 Å². The van der Waals surface area contributed by atoms with Gasteiger partial charge in [-0.25, -0.2) is 0 Å². The molecule has 5 nitrogen and oxygen atoms in total. The van der Waals surface area contributed by atoms with Crippen molar-refractivity contribution in [1.82, 2.24) is 0 Å². The fourth-order valence-corrected chi connectivity index (χ4v) is 2.98. The first kappa shape index (κ1) is 17.3. The molecule has 2 aromatic rings. The number of hydrogen-bond donors (Lipinski definition) is 2. The Morgan fingerprint density at radius 2 is 1.92 bits per heavy atom. The summed E-state index contributed by atoms with van der Waals surface area (Å²) in [6.07, 6.45) is 1.51. The van der Waals surface area contributed by atoms with Crippen molar-refractivity contribution in [2.24, 2.45) is 0 Å². The Labute approximate surface area is 152 Å². The number of hydrogen-bond acceptors (Lipinski definition) is 3. The van der Waals surface area contributed by atoms with Crippen molar-refractivity contribution in [3.63, 3.8) is 0 Å². The fraction of sp³-hybridized carbons (Fsp3) is 0.263. The van der Waals surface area contributed by atoms with Crippen LogP contribution in [0.25, 0.3) is 0 Å². The number of halogens is 1. The van der Waals surface area contributed by atoms with Gasteiger partial charge in [-0.2, -0.15) is 0 Å². The van der Waals surface area contributed by atoms with Gasteiger partial charge >= 0.3 is 0 Å². The van der Waals surface area contributed by atoms with Gasteiger partial charge in [-0.3, -0.25) is 9.59 Å². The zero-order valence-electron chi connectivity index (χ0n) is 14.0. The van der Waals surface area contributed by atoms with E-state index in [9.17, 15) is 9.59 Å². The van der Waals surface area contributed by atoms with Crippen LogP contribution in [0.2, 0.25) is 5.02 Å². The van der Waals surface area contributed by atoms with Gasteiger partial charge < -0.3 is 15.5 Å². The van der Waals surface area contributed by atoms with Crippen molar-refractivity contribution >= 4 is 40.5 Å². The normalized spacial score (nSPS) is 15.1. The molecule has 1 fully saturated rings. The van der Waals surface area contributed by atoms with Crippen molar-refractivity contribution in [2.45, 2.75) is 25.8 Å². The monoisotopic (exact) mass is 357 g/mol. The summed E-state index contributed by atoms with van der Waals surface area (Å²) in [6, 6.07) is 14.2. The van der Waals surface area contributed by atoms with E-state index in [4.69, 9.17) is 11.6 Å². The summed E-state index contributed by atoms with van der Waals surface area (Å²) in [6.45, 7) is 2.56. The molecule has 0 spiro atoms. The maximum Gasteiger partial charge on any atom is 0.246 e. The highest BCUT2D eigenvalue weighted by atomic mass is 35.5. The second-order valence-corrected chi connectivity index (χ2v) is 6.50. The van der Waals surface area contributed by atoms with Crippen molar-refractivity contribution in [3.8, 4) is 0 Å². The van der Waals surface area contributed by atoms with Crippen molar-refractivity contribution in [3.05, 3.63) is 53.6 Å². The summed E-state index contributed by atoms with van der Waals surface area (Å²) < 4.78 is 0. The van der Waals surface area contributed by atoms with Crippen LogP contribution in [0.1, 0.15) is 19.8 Å². The van der Waals surface area contributed by atoms with E-state index in [0.717, 1.165) is 24.3 Å². The smallest absolute Gasteiger partial charge is 0.246 e. The van der Waals surface area contributed by atoms with Crippen LogP contribution >= 0.6 is 11.6 Å². The summed E-state index contributed by atoms with van der Waals surface area (Å²) in [4.78, 5) is 25.8. The van der Waals surface area contributed by atoms with Gasteiger partial charge in [0.15, 0.2) is 0 Å². The maximum atomic E-state index is 12.3. The molecule has 2 amide bonds. The van der Waals surface area contributed by atoms with E-state index in [0.29, 0.717) is 17.1 Å². The van der Waals surface area contributed by atoms with Crippen molar-refractivity contribution < 1.29 is 9.59 Å². The van der Waals surface area contributed by atoms with Crippen LogP contribution in [0.3, 0.4) is 0 Å². The summed E-state index contributed by atoms with van der Waals surface area (Å²) in [5, 5.41) is 6.56. The van der Waals surface area contributed by atoms with Crippen LogP contribution in [-0.4, -0.2) is 24.4 Å². The van der Waals surface area contributed by atoms with E-state index in [1.165, 1.54) is 0 Å². The Morgan fingerprint density at radius 3 is 2.56 bits per heavy atom. The number of anilines is 3. The van der Waals surface area contributed by atoms with Crippen LogP contribution in [-0.2, 0) is 9.59 Å². The Hall–Kier alpha value is -2.53. The number of benzene rings is 2. The van der Waals surface area contributed by atoms with Crippen LogP contribution in [0.15, 0.2) is 48.5 Å². The predicted octanol–water partition coefficient (Wildman–Crippen LogP) is 3.91. The van der Waals surface area contributed by atoms with E-state index < -0.39 is 6.04 Å². The molecule has 1 heterocycles. The molecule has 25 heavy (non-hydrogen) atoms. The molecule has 1 aliphatic heterocycles. The van der Waals surface area contributed by atoms with Crippen molar-refractivity contribution in [1.29, 1.82) is 0 Å². The first-order valence-electron chi connectivity index (χ1n) is 8.26. The van der Waals surface area contributed by atoms with E-state index >= 15 is 0 Å². The summed E-state index contributed by atoms with van der Waals surface area (Å²) in [7, 11) is 0. The first-order valence-corrected chi connectivity index (χ1v) is 8.64.